The molecule has 2 nitrogen and oxygen atoms in total. The van der Waals surface area contributed by atoms with Gasteiger partial charge in [0.1, 0.15) is 0 Å². The molecule has 0 aromatic heterocycles. The van der Waals surface area contributed by atoms with E-state index in [1.807, 2.05) is 12.1 Å². The summed E-state index contributed by atoms with van der Waals surface area (Å²) in [6, 6.07) is 6.09. The first-order chi connectivity index (χ1) is 8.69. The molecular formula is C15H23IN2. The van der Waals surface area contributed by atoms with Gasteiger partial charge in [0.2, 0.25) is 0 Å². The summed E-state index contributed by atoms with van der Waals surface area (Å²) in [5, 5.41) is 3.58. The Kier molecular flexibility index (Phi) is 5.15. The Morgan fingerprint density at radius 2 is 1.89 bits per heavy atom. The number of nitrogens with two attached hydrogens (primary N) is 1. The number of nitrogens with one attached hydrogen (secondary N) is 1. The smallest absolute Gasteiger partial charge is 0.0477 e. The number of hydrogen-bond donors (Lipinski definition) is 2. The van der Waals surface area contributed by atoms with Gasteiger partial charge in [0.05, 0.1) is 0 Å². The number of rotatable bonds is 4. The molecular weight excluding hydrogens is 335 g/mol. The molecule has 1 aliphatic carbocycles. The fraction of sp³-hybridized carbons (Fsp3) is 0.600. The number of anilines is 2. The van der Waals surface area contributed by atoms with Crippen LogP contribution in [0, 0.1) is 15.4 Å². The quantitative estimate of drug-likeness (QED) is 0.614. The molecule has 0 bridgehead atoms. The van der Waals surface area contributed by atoms with E-state index in [1.165, 1.54) is 41.4 Å². The van der Waals surface area contributed by atoms with E-state index in [0.717, 1.165) is 24.1 Å². The minimum absolute atomic E-state index is 0.841. The predicted molar refractivity (Wildman–Crippen MR) is 87.8 cm³/mol. The molecule has 0 saturated heterocycles. The van der Waals surface area contributed by atoms with Crippen molar-refractivity contribution in [1.82, 2.24) is 0 Å². The minimum atomic E-state index is 0.841. The number of benzene rings is 1. The van der Waals surface area contributed by atoms with Crippen LogP contribution in [-0.2, 0) is 0 Å². The van der Waals surface area contributed by atoms with Crippen LogP contribution in [0.25, 0.3) is 0 Å². The van der Waals surface area contributed by atoms with E-state index in [1.54, 1.807) is 0 Å². The molecule has 2 rings (SSSR count). The zero-order valence-corrected chi connectivity index (χ0v) is 13.2. The number of halogens is 1. The van der Waals surface area contributed by atoms with Crippen LogP contribution in [0.4, 0.5) is 11.4 Å². The van der Waals surface area contributed by atoms with Crippen molar-refractivity contribution in [2.45, 2.75) is 39.0 Å². The van der Waals surface area contributed by atoms with E-state index in [4.69, 9.17) is 5.73 Å². The minimum Gasteiger partial charge on any atom is -0.399 e. The lowest BCUT2D eigenvalue weighted by Gasteiger charge is -2.28. The summed E-state index contributed by atoms with van der Waals surface area (Å²) in [5.41, 5.74) is 7.83. The summed E-state index contributed by atoms with van der Waals surface area (Å²) in [6.07, 6.45) is 6.97. The number of hydrogen-bond acceptors (Lipinski definition) is 2. The van der Waals surface area contributed by atoms with Crippen molar-refractivity contribution in [2.75, 3.05) is 17.6 Å². The normalized spacial score (nSPS) is 23.9. The molecule has 1 aliphatic rings. The van der Waals surface area contributed by atoms with Gasteiger partial charge in [0, 0.05) is 21.5 Å². The van der Waals surface area contributed by atoms with Gasteiger partial charge in [-0.15, -0.1) is 0 Å². The lowest BCUT2D eigenvalue weighted by molar-refractivity contribution is 0.278. The first kappa shape index (κ1) is 14.0. The Balaban J connectivity index is 1.81. The van der Waals surface area contributed by atoms with Crippen molar-refractivity contribution in [2.24, 2.45) is 11.8 Å². The van der Waals surface area contributed by atoms with E-state index >= 15 is 0 Å². The van der Waals surface area contributed by atoms with Crippen molar-refractivity contribution in [3.8, 4) is 0 Å². The van der Waals surface area contributed by atoms with Gasteiger partial charge in [-0.1, -0.05) is 26.2 Å². The van der Waals surface area contributed by atoms with Gasteiger partial charge >= 0.3 is 0 Å². The average Bonchev–Trinajstić information content (AvgIpc) is 2.38. The molecule has 1 aromatic rings. The molecule has 100 valence electrons. The fourth-order valence-corrected chi connectivity index (χ4v) is 3.50. The molecule has 1 aromatic carbocycles. The predicted octanol–water partition coefficient (Wildman–Crippen LogP) is 4.50. The van der Waals surface area contributed by atoms with Crippen molar-refractivity contribution >= 4 is 34.0 Å². The maximum atomic E-state index is 5.76. The van der Waals surface area contributed by atoms with Crippen LogP contribution in [0.15, 0.2) is 18.2 Å². The lowest BCUT2D eigenvalue weighted by Crippen LogP contribution is -2.21. The van der Waals surface area contributed by atoms with E-state index in [-0.39, 0.29) is 0 Å². The van der Waals surface area contributed by atoms with Gasteiger partial charge in [-0.05, 0) is 65.5 Å². The molecule has 18 heavy (non-hydrogen) atoms. The van der Waals surface area contributed by atoms with Crippen LogP contribution >= 0.6 is 22.6 Å². The fourth-order valence-electron chi connectivity index (χ4n) is 2.77. The van der Waals surface area contributed by atoms with Crippen molar-refractivity contribution in [3.05, 3.63) is 21.8 Å². The summed E-state index contributed by atoms with van der Waals surface area (Å²) in [5.74, 6) is 1.83. The van der Waals surface area contributed by atoms with E-state index < -0.39 is 0 Å². The summed E-state index contributed by atoms with van der Waals surface area (Å²) < 4.78 is 1.22. The molecule has 0 radical (unpaired) electrons. The van der Waals surface area contributed by atoms with Gasteiger partial charge < -0.3 is 11.1 Å². The Labute approximate surface area is 124 Å². The molecule has 0 aliphatic heterocycles. The first-order valence-corrected chi connectivity index (χ1v) is 8.05. The molecule has 0 atom stereocenters. The van der Waals surface area contributed by atoms with Gasteiger partial charge in [-0.25, -0.2) is 0 Å². The van der Waals surface area contributed by atoms with Gasteiger partial charge in [0.25, 0.3) is 0 Å². The second kappa shape index (κ2) is 6.64. The standard InChI is InChI=1S/C15H23IN2/c1-2-11-3-5-12(6-4-11)10-18-15-8-7-13(17)9-14(15)16/h7-9,11-12,18H,2-6,10,17H2,1H3. The maximum Gasteiger partial charge on any atom is 0.0477 e. The van der Waals surface area contributed by atoms with Crippen molar-refractivity contribution in [1.29, 1.82) is 0 Å². The third-order valence-electron chi connectivity index (χ3n) is 4.12. The Bertz CT molecular complexity index is 384. The van der Waals surface area contributed by atoms with Crippen LogP contribution in [-0.4, -0.2) is 6.54 Å². The van der Waals surface area contributed by atoms with Gasteiger partial charge in [-0.2, -0.15) is 0 Å². The van der Waals surface area contributed by atoms with Crippen LogP contribution in [0.2, 0.25) is 0 Å². The molecule has 0 unspecified atom stereocenters. The highest BCUT2D eigenvalue weighted by Gasteiger charge is 2.19. The highest BCUT2D eigenvalue weighted by atomic mass is 127. The summed E-state index contributed by atoms with van der Waals surface area (Å²) in [6.45, 7) is 3.43. The lowest BCUT2D eigenvalue weighted by atomic mass is 9.81. The summed E-state index contributed by atoms with van der Waals surface area (Å²) >= 11 is 2.35. The maximum absolute atomic E-state index is 5.76. The van der Waals surface area contributed by atoms with Crippen LogP contribution in [0.1, 0.15) is 39.0 Å². The van der Waals surface area contributed by atoms with E-state index in [2.05, 4.69) is 40.9 Å². The van der Waals surface area contributed by atoms with Crippen molar-refractivity contribution < 1.29 is 0 Å². The van der Waals surface area contributed by atoms with Crippen molar-refractivity contribution in [3.63, 3.8) is 0 Å². The van der Waals surface area contributed by atoms with Gasteiger partial charge in [0.15, 0.2) is 0 Å². The second-order valence-corrected chi connectivity index (χ2v) is 6.58. The zero-order chi connectivity index (χ0) is 13.0. The molecule has 0 spiro atoms. The molecule has 3 N–H and O–H groups in total. The molecule has 1 saturated carbocycles. The molecule has 0 heterocycles. The number of nitrogen functional groups attached to an aromatic ring is 1. The topological polar surface area (TPSA) is 38.0 Å². The Morgan fingerprint density at radius 3 is 2.50 bits per heavy atom. The van der Waals surface area contributed by atoms with Crippen LogP contribution < -0.4 is 11.1 Å². The van der Waals surface area contributed by atoms with Crippen LogP contribution in [0.3, 0.4) is 0 Å². The molecule has 0 amide bonds. The molecule has 1 fully saturated rings. The Morgan fingerprint density at radius 1 is 1.22 bits per heavy atom. The highest BCUT2D eigenvalue weighted by Crippen LogP contribution is 2.31. The van der Waals surface area contributed by atoms with E-state index in [0.29, 0.717) is 0 Å². The average molecular weight is 358 g/mol. The zero-order valence-electron chi connectivity index (χ0n) is 11.1. The SMILES string of the molecule is CCC1CCC(CNc2ccc(N)cc2I)CC1. The van der Waals surface area contributed by atoms with Gasteiger partial charge in [-0.3, -0.25) is 0 Å². The summed E-state index contributed by atoms with van der Waals surface area (Å²) in [7, 11) is 0. The highest BCUT2D eigenvalue weighted by molar-refractivity contribution is 14.1. The third kappa shape index (κ3) is 3.77. The molecule has 3 heteroatoms. The first-order valence-electron chi connectivity index (χ1n) is 6.98. The third-order valence-corrected chi connectivity index (χ3v) is 5.01. The monoisotopic (exact) mass is 358 g/mol. The Hall–Kier alpha value is -0.450. The largest absolute Gasteiger partial charge is 0.399 e. The second-order valence-electron chi connectivity index (χ2n) is 5.42. The van der Waals surface area contributed by atoms with E-state index in [9.17, 15) is 0 Å². The van der Waals surface area contributed by atoms with Crippen LogP contribution in [0.5, 0.6) is 0 Å². The summed E-state index contributed by atoms with van der Waals surface area (Å²) in [4.78, 5) is 0.